The molecule has 1 saturated heterocycles. The predicted octanol–water partition coefficient (Wildman–Crippen LogP) is 4.74. The van der Waals surface area contributed by atoms with Gasteiger partial charge in [0.1, 0.15) is 0 Å². The lowest BCUT2D eigenvalue weighted by atomic mass is 9.82. The third-order valence-corrected chi connectivity index (χ3v) is 12.0. The molecule has 0 unspecified atom stereocenters. The van der Waals surface area contributed by atoms with E-state index in [1.807, 2.05) is 44.3 Å². The summed E-state index contributed by atoms with van der Waals surface area (Å²) in [5.41, 5.74) is 8.85. The summed E-state index contributed by atoms with van der Waals surface area (Å²) >= 11 is 6.53. The number of nitrogen functional groups attached to an aromatic ring is 1. The normalized spacial score (nSPS) is 22.2. The van der Waals surface area contributed by atoms with Crippen LogP contribution in [0.15, 0.2) is 72.9 Å². The van der Waals surface area contributed by atoms with Crippen LogP contribution in [0, 0.1) is 5.92 Å². The van der Waals surface area contributed by atoms with Gasteiger partial charge in [-0.15, -0.1) is 5.10 Å². The number of fused-ring (bicyclic) bond motifs is 2. The summed E-state index contributed by atoms with van der Waals surface area (Å²) in [6, 6.07) is 19.5. The first-order valence-electron chi connectivity index (χ1n) is 15.7. The van der Waals surface area contributed by atoms with Crippen molar-refractivity contribution in [2.75, 3.05) is 22.6 Å². The molecule has 4 aromatic rings. The SMILES string of the molecule is C[C@@H]1[C@@H]([Si](C)(C)O)[C@H](CCn2cc(CCO)nn2)O[C@@]12C(=O)N(Cc1ccc(NC(=O)c3ccc(N)cc3)cc1)c1ccc(Cl)cc12. The minimum absolute atomic E-state index is 0.0113. The highest BCUT2D eigenvalue weighted by Gasteiger charge is 2.66. The number of nitrogens with two attached hydrogens (primary N) is 1. The van der Waals surface area contributed by atoms with Crippen molar-refractivity contribution in [3.63, 3.8) is 0 Å². The number of halogens is 1. The van der Waals surface area contributed by atoms with E-state index in [-0.39, 0.29) is 36.4 Å². The number of aliphatic hydroxyl groups excluding tert-OH is 1. The molecule has 1 aromatic heterocycles. The monoisotopic (exact) mass is 674 g/mol. The number of ether oxygens (including phenoxy) is 1. The third-order valence-electron chi connectivity index (χ3n) is 9.27. The molecule has 0 radical (unpaired) electrons. The van der Waals surface area contributed by atoms with Crippen LogP contribution in [-0.2, 0) is 34.6 Å². The average molecular weight is 675 g/mol. The Hall–Kier alpha value is -4.07. The van der Waals surface area contributed by atoms with Gasteiger partial charge in [-0.3, -0.25) is 14.3 Å². The molecule has 1 fully saturated rings. The molecule has 2 aliphatic rings. The lowest BCUT2D eigenvalue weighted by Gasteiger charge is -2.32. The lowest BCUT2D eigenvalue weighted by molar-refractivity contribution is -0.146. The first-order valence-corrected chi connectivity index (χ1v) is 19.1. The zero-order valence-corrected chi connectivity index (χ0v) is 28.3. The van der Waals surface area contributed by atoms with Crippen LogP contribution in [0.3, 0.4) is 0 Å². The topological polar surface area (TPSA) is 156 Å². The van der Waals surface area contributed by atoms with E-state index in [4.69, 9.17) is 22.1 Å². The van der Waals surface area contributed by atoms with E-state index < -0.39 is 20.0 Å². The number of aromatic nitrogens is 3. The van der Waals surface area contributed by atoms with E-state index in [0.717, 1.165) is 5.56 Å². The Kier molecular flexibility index (Phi) is 8.98. The third kappa shape index (κ3) is 6.31. The van der Waals surface area contributed by atoms with Gasteiger partial charge in [0.05, 0.1) is 24.0 Å². The van der Waals surface area contributed by atoms with E-state index in [1.165, 1.54) is 0 Å². The van der Waals surface area contributed by atoms with Gasteiger partial charge >= 0.3 is 0 Å². The highest BCUT2D eigenvalue weighted by Crippen LogP contribution is 2.60. The van der Waals surface area contributed by atoms with Gasteiger partial charge in [-0.05, 0) is 79.7 Å². The van der Waals surface area contributed by atoms with Crippen LogP contribution < -0.4 is 16.0 Å². The van der Waals surface area contributed by atoms with E-state index >= 15 is 0 Å². The number of aliphatic hydroxyl groups is 1. The van der Waals surface area contributed by atoms with Crippen LogP contribution in [-0.4, -0.2) is 57.7 Å². The van der Waals surface area contributed by atoms with Crippen LogP contribution in [0.1, 0.15) is 40.5 Å². The molecule has 2 amide bonds. The molecular formula is C34H39ClN6O5Si. The van der Waals surface area contributed by atoms with Crippen molar-refractivity contribution < 1.29 is 24.2 Å². The summed E-state index contributed by atoms with van der Waals surface area (Å²) < 4.78 is 8.59. The van der Waals surface area contributed by atoms with Crippen LogP contribution in [0.2, 0.25) is 23.7 Å². The number of carbonyl (C=O) groups is 2. The van der Waals surface area contributed by atoms with Crippen molar-refractivity contribution >= 4 is 48.8 Å². The second-order valence-electron chi connectivity index (χ2n) is 12.9. The van der Waals surface area contributed by atoms with Crippen molar-refractivity contribution in [2.24, 2.45) is 5.92 Å². The Bertz CT molecular complexity index is 1780. The standard InChI is InChI=1S/C34H39ClN6O5Si/c1-21-31(47(2,3)45)30(14-16-40-20-27(15-17-42)38-39-40)46-34(21)28-18-24(35)8-13-29(28)41(33(34)44)19-22-4-11-26(12-5-22)37-32(43)23-6-9-25(36)10-7-23/h4-13,18,20-21,30-31,42,45H,14-17,19,36H2,1-3H3,(H,37,43)/t21-,30+,31-,34+/m1/s1. The number of anilines is 3. The fourth-order valence-electron chi connectivity index (χ4n) is 7.13. The molecule has 2 aliphatic heterocycles. The Morgan fingerprint density at radius 1 is 1.13 bits per heavy atom. The van der Waals surface area contributed by atoms with Crippen molar-refractivity contribution in [1.29, 1.82) is 0 Å². The van der Waals surface area contributed by atoms with Crippen LogP contribution in [0.25, 0.3) is 0 Å². The second-order valence-corrected chi connectivity index (χ2v) is 17.3. The molecule has 13 heteroatoms. The molecule has 3 heterocycles. The molecule has 0 bridgehead atoms. The number of rotatable bonds is 10. The van der Waals surface area contributed by atoms with Gasteiger partial charge in [0, 0.05) is 64.8 Å². The fourth-order valence-corrected chi connectivity index (χ4v) is 9.90. The smallest absolute Gasteiger partial charge is 0.264 e. The van der Waals surface area contributed by atoms with Gasteiger partial charge in [-0.2, -0.15) is 0 Å². The number of hydrogen-bond acceptors (Lipinski definition) is 8. The molecule has 4 atom stereocenters. The Balaban J connectivity index is 1.25. The van der Waals surface area contributed by atoms with E-state index in [1.54, 1.807) is 58.2 Å². The molecule has 246 valence electrons. The van der Waals surface area contributed by atoms with Gasteiger partial charge in [0.15, 0.2) is 13.9 Å². The average Bonchev–Trinajstić information content (AvgIpc) is 3.67. The van der Waals surface area contributed by atoms with Gasteiger partial charge in [0.2, 0.25) is 0 Å². The maximum atomic E-state index is 14.6. The summed E-state index contributed by atoms with van der Waals surface area (Å²) in [5, 5.41) is 20.9. The van der Waals surface area contributed by atoms with Crippen molar-refractivity contribution in [3.05, 3.63) is 100 Å². The zero-order chi connectivity index (χ0) is 33.5. The second kappa shape index (κ2) is 12.9. The summed E-state index contributed by atoms with van der Waals surface area (Å²) in [7, 11) is -2.85. The van der Waals surface area contributed by atoms with Gasteiger partial charge in [-0.1, -0.05) is 35.9 Å². The molecule has 5 N–H and O–H groups in total. The highest BCUT2D eigenvalue weighted by atomic mass is 35.5. The molecule has 0 aliphatic carbocycles. The minimum Gasteiger partial charge on any atom is -0.432 e. The number of benzene rings is 3. The van der Waals surface area contributed by atoms with Crippen molar-refractivity contribution in [2.45, 2.75) is 63.2 Å². The largest absolute Gasteiger partial charge is 0.432 e. The molecular weight excluding hydrogens is 636 g/mol. The highest BCUT2D eigenvalue weighted by molar-refractivity contribution is 6.71. The van der Waals surface area contributed by atoms with Gasteiger partial charge < -0.3 is 30.6 Å². The first-order chi connectivity index (χ1) is 22.4. The fraction of sp³-hybridized carbons (Fsp3) is 0.353. The van der Waals surface area contributed by atoms with Crippen LogP contribution in [0.4, 0.5) is 17.1 Å². The van der Waals surface area contributed by atoms with Crippen LogP contribution >= 0.6 is 11.6 Å². The summed E-state index contributed by atoms with van der Waals surface area (Å²) in [6.45, 7) is 6.52. The molecule has 0 saturated carbocycles. The number of nitrogens with zero attached hydrogens (tertiary/aromatic N) is 4. The summed E-state index contributed by atoms with van der Waals surface area (Å²) in [5.74, 6) is -0.776. The molecule has 6 rings (SSSR count). The molecule has 3 aromatic carbocycles. The Labute approximate surface area is 279 Å². The van der Waals surface area contributed by atoms with E-state index in [0.29, 0.717) is 58.3 Å². The number of amides is 2. The maximum Gasteiger partial charge on any atom is 0.264 e. The van der Waals surface area contributed by atoms with Crippen molar-refractivity contribution in [3.8, 4) is 0 Å². The minimum atomic E-state index is -2.85. The Morgan fingerprint density at radius 3 is 2.53 bits per heavy atom. The van der Waals surface area contributed by atoms with Gasteiger partial charge in [0.25, 0.3) is 11.8 Å². The maximum absolute atomic E-state index is 14.6. The Morgan fingerprint density at radius 2 is 1.85 bits per heavy atom. The molecule has 11 nitrogen and oxygen atoms in total. The quantitative estimate of drug-likeness (QED) is 0.139. The lowest BCUT2D eigenvalue weighted by Crippen LogP contribution is -2.46. The number of nitrogens with one attached hydrogen (secondary N) is 1. The zero-order valence-electron chi connectivity index (χ0n) is 26.6. The van der Waals surface area contributed by atoms with Crippen LogP contribution in [0.5, 0.6) is 0 Å². The van der Waals surface area contributed by atoms with Crippen molar-refractivity contribution in [1.82, 2.24) is 15.0 Å². The summed E-state index contributed by atoms with van der Waals surface area (Å²) in [4.78, 5) is 40.6. The predicted molar refractivity (Wildman–Crippen MR) is 182 cm³/mol. The molecule has 1 spiro atoms. The van der Waals surface area contributed by atoms with E-state index in [2.05, 4.69) is 15.6 Å². The number of hydrogen-bond donors (Lipinski definition) is 4. The first kappa shape index (κ1) is 32.9. The van der Waals surface area contributed by atoms with Gasteiger partial charge in [-0.25, -0.2) is 0 Å². The number of carbonyl (C=O) groups excluding carboxylic acids is 2. The number of aryl methyl sites for hydroxylation is 1. The van der Waals surface area contributed by atoms with E-state index in [9.17, 15) is 19.5 Å². The molecule has 47 heavy (non-hydrogen) atoms. The summed E-state index contributed by atoms with van der Waals surface area (Å²) in [6.07, 6.45) is 2.32.